The van der Waals surface area contributed by atoms with E-state index in [0.29, 0.717) is 22.6 Å². The Bertz CT molecular complexity index is 1100. The fourth-order valence-corrected chi connectivity index (χ4v) is 2.98. The summed E-state index contributed by atoms with van der Waals surface area (Å²) in [5.41, 5.74) is 2.07. The summed E-state index contributed by atoms with van der Waals surface area (Å²) in [7, 11) is 0. The van der Waals surface area contributed by atoms with Crippen LogP contribution in [0.4, 0.5) is 4.39 Å². The fraction of sp³-hybridized carbons (Fsp3) is 0.0909. The minimum absolute atomic E-state index is 0.0820. The Morgan fingerprint density at radius 3 is 2.63 bits per heavy atom. The lowest BCUT2D eigenvalue weighted by Crippen LogP contribution is -2.03. The molecule has 0 aliphatic carbocycles. The molecule has 0 aromatic heterocycles. The third-order valence-electron chi connectivity index (χ3n) is 4.44. The molecule has 0 amide bonds. The maximum Gasteiger partial charge on any atom is 0.367 e. The van der Waals surface area contributed by atoms with Crippen LogP contribution in [0, 0.1) is 5.82 Å². The van der Waals surface area contributed by atoms with E-state index in [2.05, 4.69) is 5.16 Å². The number of carbonyl (C=O) groups excluding carboxylic acids is 1. The summed E-state index contributed by atoms with van der Waals surface area (Å²) in [6, 6.07) is 18.0. The molecule has 1 aliphatic rings. The molecule has 0 N–H and O–H groups in total. The van der Waals surface area contributed by atoms with E-state index in [0.717, 1.165) is 16.3 Å². The van der Waals surface area contributed by atoms with Crippen LogP contribution in [-0.2, 0) is 16.2 Å². The highest BCUT2D eigenvalue weighted by molar-refractivity contribution is 6.25. The molecule has 134 valence electrons. The average molecular weight is 361 g/mol. The molecule has 0 fully saturated rings. The van der Waals surface area contributed by atoms with Crippen LogP contribution in [0.3, 0.4) is 0 Å². The second kappa shape index (κ2) is 7.03. The Labute approximate surface area is 155 Å². The van der Waals surface area contributed by atoms with E-state index in [9.17, 15) is 9.18 Å². The van der Waals surface area contributed by atoms with Crippen molar-refractivity contribution in [2.45, 2.75) is 13.5 Å². The summed E-state index contributed by atoms with van der Waals surface area (Å²) in [4.78, 5) is 16.7. The van der Waals surface area contributed by atoms with E-state index in [1.165, 1.54) is 6.07 Å². The number of carbonyl (C=O) groups is 1. The first-order valence-corrected chi connectivity index (χ1v) is 8.49. The molecule has 5 heteroatoms. The third kappa shape index (κ3) is 3.31. The second-order valence-corrected chi connectivity index (χ2v) is 6.19. The standard InChI is InChI=1S/C22H16FNO3/c1-14-18(22(25)27-24-14)12-19-17-8-4-2-6-15(17)10-11-21(19)26-13-16-7-3-5-9-20(16)23/h2-12H,13H2,1H3/b18-12+. The number of ether oxygens (including phenoxy) is 1. The minimum Gasteiger partial charge on any atom is -0.488 e. The van der Waals surface area contributed by atoms with E-state index in [1.807, 2.05) is 36.4 Å². The summed E-state index contributed by atoms with van der Waals surface area (Å²) < 4.78 is 19.8. The lowest BCUT2D eigenvalue weighted by atomic mass is 10.00. The molecule has 0 saturated heterocycles. The van der Waals surface area contributed by atoms with Crippen LogP contribution >= 0.6 is 0 Å². The molecule has 3 aromatic carbocycles. The zero-order chi connectivity index (χ0) is 18.8. The highest BCUT2D eigenvalue weighted by Crippen LogP contribution is 2.32. The smallest absolute Gasteiger partial charge is 0.367 e. The first-order chi connectivity index (χ1) is 13.1. The maximum atomic E-state index is 13.9. The zero-order valence-corrected chi connectivity index (χ0v) is 14.6. The van der Waals surface area contributed by atoms with E-state index in [-0.39, 0.29) is 12.4 Å². The van der Waals surface area contributed by atoms with Crippen LogP contribution in [-0.4, -0.2) is 11.7 Å². The lowest BCUT2D eigenvalue weighted by molar-refractivity contribution is -0.136. The van der Waals surface area contributed by atoms with Gasteiger partial charge in [0.2, 0.25) is 0 Å². The van der Waals surface area contributed by atoms with Gasteiger partial charge >= 0.3 is 5.97 Å². The molecule has 4 rings (SSSR count). The summed E-state index contributed by atoms with van der Waals surface area (Å²) in [6.45, 7) is 1.79. The summed E-state index contributed by atoms with van der Waals surface area (Å²) in [5, 5.41) is 5.64. The molecule has 4 nitrogen and oxygen atoms in total. The van der Waals surface area contributed by atoms with Gasteiger partial charge in [-0.2, -0.15) is 0 Å². The van der Waals surface area contributed by atoms with Crippen LogP contribution in [0.5, 0.6) is 5.75 Å². The SMILES string of the molecule is CC1=NOC(=O)/C1=C/c1c(OCc2ccccc2F)ccc2ccccc12. The molecule has 3 aromatic rings. The van der Waals surface area contributed by atoms with Gasteiger partial charge in [0.05, 0.1) is 11.3 Å². The number of oxime groups is 1. The number of hydrogen-bond acceptors (Lipinski definition) is 4. The van der Waals surface area contributed by atoms with Gasteiger partial charge in [0.25, 0.3) is 0 Å². The monoisotopic (exact) mass is 361 g/mol. The van der Waals surface area contributed by atoms with Crippen LogP contribution < -0.4 is 4.74 Å². The second-order valence-electron chi connectivity index (χ2n) is 6.19. The largest absolute Gasteiger partial charge is 0.488 e. The number of benzene rings is 3. The van der Waals surface area contributed by atoms with E-state index in [1.54, 1.807) is 31.2 Å². The molecule has 0 atom stereocenters. The van der Waals surface area contributed by atoms with Gasteiger partial charge in [0, 0.05) is 11.1 Å². The van der Waals surface area contributed by atoms with Crippen molar-refractivity contribution in [3.63, 3.8) is 0 Å². The zero-order valence-electron chi connectivity index (χ0n) is 14.6. The summed E-state index contributed by atoms with van der Waals surface area (Å²) in [5.74, 6) is -0.266. The summed E-state index contributed by atoms with van der Waals surface area (Å²) in [6.07, 6.45) is 1.72. The van der Waals surface area contributed by atoms with Gasteiger partial charge in [0.15, 0.2) is 0 Å². The van der Waals surface area contributed by atoms with E-state index < -0.39 is 5.97 Å². The Morgan fingerprint density at radius 2 is 1.85 bits per heavy atom. The van der Waals surface area contributed by atoms with Gasteiger partial charge in [-0.1, -0.05) is 53.7 Å². The quantitative estimate of drug-likeness (QED) is 0.492. The number of rotatable bonds is 4. The molecule has 1 heterocycles. The van der Waals surface area contributed by atoms with Gasteiger partial charge in [-0.05, 0) is 35.9 Å². The molecular weight excluding hydrogens is 345 g/mol. The van der Waals surface area contributed by atoms with Crippen molar-refractivity contribution in [3.05, 3.63) is 83.2 Å². The van der Waals surface area contributed by atoms with Crippen LogP contribution in [0.1, 0.15) is 18.1 Å². The number of nitrogens with zero attached hydrogens (tertiary/aromatic N) is 1. The summed E-state index contributed by atoms with van der Waals surface area (Å²) >= 11 is 0. The first kappa shape index (κ1) is 17.0. The molecule has 0 bridgehead atoms. The molecular formula is C22H16FNO3. The van der Waals surface area contributed by atoms with Crippen molar-refractivity contribution in [1.82, 2.24) is 0 Å². The van der Waals surface area contributed by atoms with Gasteiger partial charge in [-0.3, -0.25) is 0 Å². The Kier molecular flexibility index (Phi) is 4.42. The van der Waals surface area contributed by atoms with Gasteiger partial charge in [0.1, 0.15) is 18.2 Å². The molecule has 0 unspecified atom stereocenters. The predicted octanol–water partition coefficient (Wildman–Crippen LogP) is 4.87. The highest BCUT2D eigenvalue weighted by Gasteiger charge is 2.23. The van der Waals surface area contributed by atoms with E-state index in [4.69, 9.17) is 9.57 Å². The number of halogens is 1. The molecule has 0 saturated carbocycles. The molecule has 0 radical (unpaired) electrons. The third-order valence-corrected chi connectivity index (χ3v) is 4.44. The molecule has 27 heavy (non-hydrogen) atoms. The Morgan fingerprint density at radius 1 is 1.07 bits per heavy atom. The number of hydrogen-bond donors (Lipinski definition) is 0. The maximum absolute atomic E-state index is 13.9. The van der Waals surface area contributed by atoms with Crippen molar-refractivity contribution < 1.29 is 18.8 Å². The van der Waals surface area contributed by atoms with Gasteiger partial charge in [-0.15, -0.1) is 0 Å². The van der Waals surface area contributed by atoms with Crippen molar-refractivity contribution in [2.75, 3.05) is 0 Å². The van der Waals surface area contributed by atoms with Crippen LogP contribution in [0.25, 0.3) is 16.8 Å². The van der Waals surface area contributed by atoms with Crippen LogP contribution in [0.2, 0.25) is 0 Å². The van der Waals surface area contributed by atoms with Crippen molar-refractivity contribution >= 4 is 28.5 Å². The average Bonchev–Trinajstić information content (AvgIpc) is 3.00. The van der Waals surface area contributed by atoms with Crippen molar-refractivity contribution in [1.29, 1.82) is 0 Å². The van der Waals surface area contributed by atoms with Gasteiger partial charge in [-0.25, -0.2) is 9.18 Å². The fourth-order valence-electron chi connectivity index (χ4n) is 2.98. The van der Waals surface area contributed by atoms with Crippen molar-refractivity contribution in [3.8, 4) is 5.75 Å². The minimum atomic E-state index is -0.500. The Balaban J connectivity index is 1.78. The highest BCUT2D eigenvalue weighted by atomic mass is 19.1. The molecule has 1 aliphatic heterocycles. The lowest BCUT2D eigenvalue weighted by Gasteiger charge is -2.13. The van der Waals surface area contributed by atoms with E-state index >= 15 is 0 Å². The topological polar surface area (TPSA) is 47.9 Å². The van der Waals surface area contributed by atoms with Gasteiger partial charge < -0.3 is 9.57 Å². The molecule has 0 spiro atoms. The number of fused-ring (bicyclic) bond motifs is 1. The predicted molar refractivity (Wildman–Crippen MR) is 102 cm³/mol. The normalized spacial score (nSPS) is 15.1. The van der Waals surface area contributed by atoms with Crippen molar-refractivity contribution in [2.24, 2.45) is 5.16 Å². The Hall–Kier alpha value is -3.47. The first-order valence-electron chi connectivity index (χ1n) is 8.49. The van der Waals surface area contributed by atoms with Crippen LogP contribution in [0.15, 0.2) is 71.4 Å².